The molecule has 27 heavy (non-hydrogen) atoms. The molecule has 1 saturated heterocycles. The van der Waals surface area contributed by atoms with E-state index in [0.29, 0.717) is 18.2 Å². The third-order valence-corrected chi connectivity index (χ3v) is 6.89. The van der Waals surface area contributed by atoms with Crippen LogP contribution in [-0.4, -0.2) is 44.2 Å². The number of sulfone groups is 1. The summed E-state index contributed by atoms with van der Waals surface area (Å²) in [7, 11) is -3.91. The highest BCUT2D eigenvalue weighted by atomic mass is 35.5. The maximum absolute atomic E-state index is 13.1. The summed E-state index contributed by atoms with van der Waals surface area (Å²) in [6.07, 6.45) is -0.347. The zero-order chi connectivity index (χ0) is 19.6. The van der Waals surface area contributed by atoms with Crippen molar-refractivity contribution in [2.45, 2.75) is 23.2 Å². The maximum atomic E-state index is 13.1. The number of hydrogen-bond donors (Lipinski definition) is 0. The zero-order valence-electron chi connectivity index (χ0n) is 14.6. The first-order valence-electron chi connectivity index (χ1n) is 8.44. The topological polar surface area (TPSA) is 63.7 Å². The lowest BCUT2D eigenvalue weighted by Crippen LogP contribution is -2.47. The van der Waals surface area contributed by atoms with Crippen LogP contribution in [0.3, 0.4) is 0 Å². The van der Waals surface area contributed by atoms with Crippen molar-refractivity contribution in [1.82, 2.24) is 4.90 Å². The second-order valence-corrected chi connectivity index (χ2v) is 9.04. The van der Waals surface area contributed by atoms with E-state index in [2.05, 4.69) is 0 Å². The van der Waals surface area contributed by atoms with Crippen LogP contribution in [0, 0.1) is 5.82 Å². The van der Waals surface area contributed by atoms with E-state index in [4.69, 9.17) is 16.3 Å². The van der Waals surface area contributed by atoms with Gasteiger partial charge in [0.25, 0.3) is 0 Å². The van der Waals surface area contributed by atoms with Gasteiger partial charge in [-0.2, -0.15) is 0 Å². The summed E-state index contributed by atoms with van der Waals surface area (Å²) in [6, 6.07) is 11.6. The summed E-state index contributed by atoms with van der Waals surface area (Å²) >= 11 is 5.89. The van der Waals surface area contributed by atoms with Gasteiger partial charge in [0.05, 0.1) is 18.0 Å². The van der Waals surface area contributed by atoms with E-state index in [1.807, 2.05) is 12.1 Å². The minimum Gasteiger partial charge on any atom is -0.370 e. The van der Waals surface area contributed by atoms with Crippen molar-refractivity contribution in [2.24, 2.45) is 0 Å². The number of hydrogen-bond acceptors (Lipinski definition) is 4. The van der Waals surface area contributed by atoms with E-state index < -0.39 is 26.8 Å². The molecule has 0 spiro atoms. The lowest BCUT2D eigenvalue weighted by molar-refractivity contribution is -0.138. The fourth-order valence-electron chi connectivity index (χ4n) is 2.95. The molecule has 0 saturated carbocycles. The second-order valence-electron chi connectivity index (χ2n) is 6.34. The Morgan fingerprint density at radius 2 is 1.81 bits per heavy atom. The van der Waals surface area contributed by atoms with E-state index in [1.54, 1.807) is 12.1 Å². The van der Waals surface area contributed by atoms with Gasteiger partial charge in [-0.3, -0.25) is 4.79 Å². The Morgan fingerprint density at radius 3 is 2.44 bits per heavy atom. The Hall–Kier alpha value is -1.96. The number of nitrogens with zero attached hydrogens (tertiary/aromatic N) is 1. The molecule has 1 heterocycles. The first-order chi connectivity index (χ1) is 12.8. The fraction of sp³-hybridized carbons (Fsp3) is 0.316. The molecule has 0 aromatic heterocycles. The predicted octanol–water partition coefficient (Wildman–Crippen LogP) is 3.24. The SMILES string of the molecule is CC(C(=O)N1CCOC(c2ccc(Cl)cc2)C1)S(=O)(=O)c1ccc(F)cc1. The Morgan fingerprint density at radius 1 is 1.19 bits per heavy atom. The van der Waals surface area contributed by atoms with E-state index >= 15 is 0 Å². The van der Waals surface area contributed by atoms with Crippen molar-refractivity contribution < 1.29 is 22.3 Å². The summed E-state index contributed by atoms with van der Waals surface area (Å²) in [5, 5.41) is -0.673. The van der Waals surface area contributed by atoms with Gasteiger partial charge in [0.15, 0.2) is 9.84 Å². The van der Waals surface area contributed by atoms with Gasteiger partial charge >= 0.3 is 0 Å². The summed E-state index contributed by atoms with van der Waals surface area (Å²) in [6.45, 7) is 2.23. The van der Waals surface area contributed by atoms with Crippen LogP contribution in [0.1, 0.15) is 18.6 Å². The highest BCUT2D eigenvalue weighted by molar-refractivity contribution is 7.92. The summed E-state index contributed by atoms with van der Waals surface area (Å²) in [5.41, 5.74) is 0.867. The molecule has 3 rings (SSSR count). The van der Waals surface area contributed by atoms with Crippen molar-refractivity contribution >= 4 is 27.3 Å². The van der Waals surface area contributed by atoms with Gasteiger partial charge in [-0.05, 0) is 48.9 Å². The molecule has 144 valence electrons. The molecule has 8 heteroatoms. The highest BCUT2D eigenvalue weighted by Gasteiger charge is 2.35. The molecule has 1 aliphatic heterocycles. The third-order valence-electron chi connectivity index (χ3n) is 4.58. The standard InChI is InChI=1S/C19H19ClFNO4S/c1-13(27(24,25)17-8-6-16(21)7-9-17)19(23)22-10-11-26-18(12-22)14-2-4-15(20)5-3-14/h2-9,13,18H,10-12H2,1H3. The average molecular weight is 412 g/mol. The van der Waals surface area contributed by atoms with Gasteiger partial charge in [0, 0.05) is 11.6 Å². The van der Waals surface area contributed by atoms with E-state index in [9.17, 15) is 17.6 Å². The van der Waals surface area contributed by atoms with Gasteiger partial charge in [-0.15, -0.1) is 0 Å². The lowest BCUT2D eigenvalue weighted by atomic mass is 10.1. The minimum atomic E-state index is -3.91. The number of amides is 1. The first-order valence-corrected chi connectivity index (χ1v) is 10.4. The molecule has 2 atom stereocenters. The van der Waals surface area contributed by atoms with Gasteiger partial charge in [0.2, 0.25) is 5.91 Å². The number of carbonyl (C=O) groups excluding carboxylic acids is 1. The minimum absolute atomic E-state index is 0.0766. The number of carbonyl (C=O) groups is 1. The largest absolute Gasteiger partial charge is 0.370 e. The molecule has 2 unspecified atom stereocenters. The predicted molar refractivity (Wildman–Crippen MR) is 99.8 cm³/mol. The van der Waals surface area contributed by atoms with Crippen LogP contribution in [0.15, 0.2) is 53.4 Å². The molecule has 1 fully saturated rings. The van der Waals surface area contributed by atoms with Crippen molar-refractivity contribution in [3.05, 3.63) is 64.9 Å². The Bertz CT molecular complexity index is 916. The molecular formula is C19H19ClFNO4S. The molecular weight excluding hydrogens is 393 g/mol. The van der Waals surface area contributed by atoms with Crippen molar-refractivity contribution in [3.8, 4) is 0 Å². The maximum Gasteiger partial charge on any atom is 0.241 e. The highest BCUT2D eigenvalue weighted by Crippen LogP contribution is 2.25. The normalized spacial score (nSPS) is 18.9. The van der Waals surface area contributed by atoms with E-state index in [-0.39, 0.29) is 17.5 Å². The summed E-state index contributed by atoms with van der Waals surface area (Å²) in [5.74, 6) is -1.03. The van der Waals surface area contributed by atoms with Crippen LogP contribution in [0.2, 0.25) is 5.02 Å². The molecule has 5 nitrogen and oxygen atoms in total. The Labute approximate surface area is 162 Å². The summed E-state index contributed by atoms with van der Waals surface area (Å²) < 4.78 is 44.2. The van der Waals surface area contributed by atoms with Gasteiger partial charge < -0.3 is 9.64 Å². The molecule has 1 amide bonds. The van der Waals surface area contributed by atoms with Crippen LogP contribution in [-0.2, 0) is 19.4 Å². The molecule has 0 aliphatic carbocycles. The van der Waals surface area contributed by atoms with E-state index in [0.717, 1.165) is 17.7 Å². The zero-order valence-corrected chi connectivity index (χ0v) is 16.2. The molecule has 2 aromatic rings. The molecule has 0 N–H and O–H groups in total. The van der Waals surface area contributed by atoms with Gasteiger partial charge in [-0.1, -0.05) is 23.7 Å². The Kier molecular flexibility index (Phi) is 5.83. The van der Waals surface area contributed by atoms with Gasteiger partial charge in [0.1, 0.15) is 17.2 Å². The van der Waals surface area contributed by atoms with E-state index in [1.165, 1.54) is 24.0 Å². The summed E-state index contributed by atoms with van der Waals surface area (Å²) in [4.78, 5) is 14.2. The first kappa shape index (κ1) is 19.8. The third kappa shape index (κ3) is 4.31. The molecule has 0 radical (unpaired) electrons. The van der Waals surface area contributed by atoms with Crippen LogP contribution in [0.4, 0.5) is 4.39 Å². The van der Waals surface area contributed by atoms with Crippen LogP contribution < -0.4 is 0 Å². The number of ether oxygens (including phenoxy) is 1. The molecule has 2 aromatic carbocycles. The average Bonchev–Trinajstić information content (AvgIpc) is 2.68. The molecule has 1 aliphatic rings. The molecule has 0 bridgehead atoms. The van der Waals surface area contributed by atoms with Crippen molar-refractivity contribution in [3.63, 3.8) is 0 Å². The number of rotatable bonds is 4. The smallest absolute Gasteiger partial charge is 0.241 e. The van der Waals surface area contributed by atoms with Crippen molar-refractivity contribution in [2.75, 3.05) is 19.7 Å². The number of morpholine rings is 1. The Balaban J connectivity index is 1.76. The van der Waals surface area contributed by atoms with Crippen LogP contribution in [0.5, 0.6) is 0 Å². The van der Waals surface area contributed by atoms with Crippen molar-refractivity contribution in [1.29, 1.82) is 0 Å². The second kappa shape index (κ2) is 7.96. The number of benzene rings is 2. The van der Waals surface area contributed by atoms with Crippen LogP contribution >= 0.6 is 11.6 Å². The number of halogens is 2. The quantitative estimate of drug-likeness (QED) is 0.724. The monoisotopic (exact) mass is 411 g/mol. The fourth-order valence-corrected chi connectivity index (χ4v) is 4.41. The van der Waals surface area contributed by atoms with Crippen LogP contribution in [0.25, 0.3) is 0 Å². The van der Waals surface area contributed by atoms with Gasteiger partial charge in [-0.25, -0.2) is 12.8 Å². The lowest BCUT2D eigenvalue weighted by Gasteiger charge is -2.34.